The van der Waals surface area contributed by atoms with E-state index in [1.165, 1.54) is 4.90 Å². The van der Waals surface area contributed by atoms with Crippen molar-refractivity contribution in [3.05, 3.63) is 75.8 Å². The number of aromatic nitrogens is 2. The maximum atomic E-state index is 15.0. The van der Waals surface area contributed by atoms with E-state index in [0.29, 0.717) is 22.1 Å². The number of phenolic OH excluding ortho intramolecular Hbond substituents is 1. The number of thiophene rings is 1. The van der Waals surface area contributed by atoms with E-state index >= 15 is 0 Å². The summed E-state index contributed by atoms with van der Waals surface area (Å²) in [6.07, 6.45) is 2.02. The molecule has 51 heavy (non-hydrogen) atoms. The zero-order valence-electron chi connectivity index (χ0n) is 28.3. The van der Waals surface area contributed by atoms with Crippen LogP contribution in [0.1, 0.15) is 48.8 Å². The van der Waals surface area contributed by atoms with Gasteiger partial charge in [-0.3, -0.25) is 33.6 Å². The van der Waals surface area contributed by atoms with Crippen molar-refractivity contribution in [1.82, 2.24) is 14.7 Å². The van der Waals surface area contributed by atoms with Crippen LogP contribution in [0.15, 0.2) is 54.1 Å². The lowest BCUT2D eigenvalue weighted by atomic mass is 9.51. The second-order valence-electron chi connectivity index (χ2n) is 14.4. The van der Waals surface area contributed by atoms with Crippen molar-refractivity contribution >= 4 is 68.4 Å². The van der Waals surface area contributed by atoms with Crippen LogP contribution in [0.4, 0.5) is 5.82 Å². The van der Waals surface area contributed by atoms with E-state index in [0.717, 1.165) is 36.6 Å². The van der Waals surface area contributed by atoms with Crippen molar-refractivity contribution in [3.8, 4) is 16.3 Å². The SMILES string of the molecule is Cc1cc([C@H]2C3=CC[C@@H]4C(=O)N(CCC(=O)O)C(=O)[C@@H]4[C@@H]3C[C@H]3C(=O)N(c4cc(-c5sc6ccc(Cl)cc6c5C)nn4C)C(=O)[C@@]23C)ccc1O. The van der Waals surface area contributed by atoms with Crippen LogP contribution in [0.2, 0.25) is 5.02 Å². The number of halogens is 1. The lowest BCUT2D eigenvalue weighted by molar-refractivity contribution is -0.142. The molecule has 3 fully saturated rings. The summed E-state index contributed by atoms with van der Waals surface area (Å²) in [6, 6.07) is 12.6. The summed E-state index contributed by atoms with van der Waals surface area (Å²) in [7, 11) is 1.70. The average molecular weight is 727 g/mol. The Morgan fingerprint density at radius 1 is 1.04 bits per heavy atom. The maximum Gasteiger partial charge on any atom is 0.305 e. The van der Waals surface area contributed by atoms with E-state index in [2.05, 4.69) is 0 Å². The van der Waals surface area contributed by atoms with Crippen molar-refractivity contribution in [2.24, 2.45) is 36.1 Å². The summed E-state index contributed by atoms with van der Waals surface area (Å²) in [5, 5.41) is 26.1. The third-order valence-electron chi connectivity index (χ3n) is 11.7. The molecule has 6 atom stereocenters. The largest absolute Gasteiger partial charge is 0.508 e. The Kier molecular flexibility index (Phi) is 7.59. The Balaban J connectivity index is 1.23. The minimum atomic E-state index is -1.26. The predicted octanol–water partition coefficient (Wildman–Crippen LogP) is 5.98. The molecule has 2 N–H and O–H groups in total. The number of carboxylic acids is 1. The van der Waals surface area contributed by atoms with Gasteiger partial charge in [0.1, 0.15) is 17.3 Å². The van der Waals surface area contributed by atoms with E-state index < -0.39 is 58.7 Å². The number of likely N-dealkylation sites (tertiary alicyclic amines) is 1. The molecular weight excluding hydrogens is 692 g/mol. The minimum absolute atomic E-state index is 0.0906. The topological polar surface area (TPSA) is 150 Å². The molecule has 11 nitrogen and oxygen atoms in total. The first-order chi connectivity index (χ1) is 24.2. The highest BCUT2D eigenvalue weighted by atomic mass is 35.5. The Bertz CT molecular complexity index is 2270. The second-order valence-corrected chi connectivity index (χ2v) is 15.9. The number of hydrogen-bond donors (Lipinski definition) is 2. The Hall–Kier alpha value is -4.81. The first kappa shape index (κ1) is 33.3. The zero-order valence-corrected chi connectivity index (χ0v) is 29.9. The van der Waals surface area contributed by atoms with Gasteiger partial charge in [-0.15, -0.1) is 11.3 Å². The lowest BCUT2D eigenvalue weighted by Crippen LogP contribution is -2.49. The number of anilines is 1. The van der Waals surface area contributed by atoms with Crippen molar-refractivity contribution in [2.45, 2.75) is 46.0 Å². The number of benzene rings is 2. The number of imide groups is 2. The summed E-state index contributed by atoms with van der Waals surface area (Å²) < 4.78 is 2.58. The van der Waals surface area contributed by atoms with E-state index in [-0.39, 0.29) is 37.5 Å². The number of aromatic hydroxyl groups is 1. The van der Waals surface area contributed by atoms with E-state index in [1.807, 2.05) is 44.2 Å². The molecule has 8 rings (SSSR count). The molecule has 13 heteroatoms. The number of nitrogens with zero attached hydrogens (tertiary/aromatic N) is 4. The Labute approximate surface area is 302 Å². The molecule has 4 aromatic rings. The van der Waals surface area contributed by atoms with Crippen LogP contribution < -0.4 is 4.90 Å². The number of carbonyl (C=O) groups is 5. The molecule has 2 saturated heterocycles. The van der Waals surface area contributed by atoms with Crippen LogP contribution in [0, 0.1) is 42.9 Å². The average Bonchev–Trinajstić information content (AvgIpc) is 3.75. The molecule has 2 aromatic carbocycles. The van der Waals surface area contributed by atoms with Gasteiger partial charge in [0.05, 0.1) is 34.5 Å². The van der Waals surface area contributed by atoms with Gasteiger partial charge in [-0.25, -0.2) is 4.90 Å². The molecular formula is C38H35ClN4O7S. The molecule has 4 heterocycles. The molecule has 2 aliphatic heterocycles. The quantitative estimate of drug-likeness (QED) is 0.182. The Morgan fingerprint density at radius 3 is 2.53 bits per heavy atom. The highest BCUT2D eigenvalue weighted by Gasteiger charge is 2.68. The van der Waals surface area contributed by atoms with Gasteiger partial charge in [-0.05, 0) is 85.9 Å². The fourth-order valence-corrected chi connectivity index (χ4v) is 10.5. The van der Waals surface area contributed by atoms with Crippen molar-refractivity contribution in [3.63, 3.8) is 0 Å². The molecule has 0 bridgehead atoms. The number of allylic oxidation sites excluding steroid dienone is 2. The van der Waals surface area contributed by atoms with Crippen molar-refractivity contribution in [2.75, 3.05) is 11.4 Å². The smallest absolute Gasteiger partial charge is 0.305 e. The van der Waals surface area contributed by atoms with Gasteiger partial charge in [-0.1, -0.05) is 35.4 Å². The number of carbonyl (C=O) groups excluding carboxylic acids is 4. The number of aliphatic carboxylic acids is 1. The molecule has 0 unspecified atom stereocenters. The first-order valence-electron chi connectivity index (χ1n) is 16.9. The third kappa shape index (κ3) is 4.75. The fraction of sp³-hybridized carbons (Fsp3) is 0.368. The number of rotatable bonds is 6. The normalized spacial score (nSPS) is 27.2. The molecule has 2 aliphatic carbocycles. The van der Waals surface area contributed by atoms with E-state index in [9.17, 15) is 34.2 Å². The number of fused-ring (bicyclic) bond motifs is 5. The highest BCUT2D eigenvalue weighted by Crippen LogP contribution is 2.63. The van der Waals surface area contributed by atoms with Crippen molar-refractivity contribution in [1.29, 1.82) is 0 Å². The zero-order chi connectivity index (χ0) is 36.3. The lowest BCUT2D eigenvalue weighted by Gasteiger charge is -2.49. The summed E-state index contributed by atoms with van der Waals surface area (Å²) in [5.74, 6) is -5.77. The van der Waals surface area contributed by atoms with Crippen LogP contribution in [-0.2, 0) is 31.0 Å². The summed E-state index contributed by atoms with van der Waals surface area (Å²) in [6.45, 7) is 5.35. The van der Waals surface area contributed by atoms with Gasteiger partial charge in [0.2, 0.25) is 23.6 Å². The number of amides is 4. The second kappa shape index (κ2) is 11.6. The van der Waals surface area contributed by atoms with Crippen molar-refractivity contribution < 1.29 is 34.2 Å². The van der Waals surface area contributed by atoms with Gasteiger partial charge >= 0.3 is 5.97 Å². The Morgan fingerprint density at radius 2 is 1.80 bits per heavy atom. The highest BCUT2D eigenvalue weighted by molar-refractivity contribution is 7.22. The molecule has 0 spiro atoms. The summed E-state index contributed by atoms with van der Waals surface area (Å²) in [4.78, 5) is 71.6. The van der Waals surface area contributed by atoms with Crippen LogP contribution in [-0.4, -0.2) is 61.0 Å². The van der Waals surface area contributed by atoms with Gasteiger partial charge in [-0.2, -0.15) is 5.10 Å². The van der Waals surface area contributed by atoms with Gasteiger partial charge in [0.25, 0.3) is 0 Å². The van der Waals surface area contributed by atoms with Crippen LogP contribution in [0.5, 0.6) is 5.75 Å². The summed E-state index contributed by atoms with van der Waals surface area (Å²) >= 11 is 7.84. The predicted molar refractivity (Wildman–Crippen MR) is 190 cm³/mol. The molecule has 4 aliphatic rings. The number of hydrogen-bond acceptors (Lipinski definition) is 8. The molecule has 0 radical (unpaired) electrons. The van der Waals surface area contributed by atoms with Gasteiger partial charge in [0, 0.05) is 35.3 Å². The minimum Gasteiger partial charge on any atom is -0.508 e. The van der Waals surface area contributed by atoms with Crippen LogP contribution >= 0.6 is 22.9 Å². The van der Waals surface area contributed by atoms with E-state index in [1.54, 1.807) is 48.2 Å². The maximum absolute atomic E-state index is 15.0. The summed E-state index contributed by atoms with van der Waals surface area (Å²) in [5.41, 5.74) is 2.47. The van der Waals surface area contributed by atoms with Crippen LogP contribution in [0.3, 0.4) is 0 Å². The monoisotopic (exact) mass is 726 g/mol. The molecule has 2 aromatic heterocycles. The van der Waals surface area contributed by atoms with Gasteiger partial charge < -0.3 is 10.2 Å². The van der Waals surface area contributed by atoms with Gasteiger partial charge in [0.15, 0.2) is 0 Å². The molecule has 262 valence electrons. The number of phenols is 1. The van der Waals surface area contributed by atoms with E-state index in [4.69, 9.17) is 16.7 Å². The molecule has 4 amide bonds. The van der Waals surface area contributed by atoms with Crippen LogP contribution in [0.25, 0.3) is 20.7 Å². The third-order valence-corrected chi connectivity index (χ3v) is 13.2. The number of carboxylic acid groups (broad SMARTS) is 1. The molecule has 1 saturated carbocycles. The number of aryl methyl sites for hydroxylation is 3. The standard InChI is InChI=1S/C38H35ClN4O7S/c1-17-13-19(5-9-27(17)44)32-21-7-8-22-31(36(49)42(34(22)47)12-11-30(45)46)24(21)15-25-35(48)43(37(50)38(25,32)3)29-16-26(40-41(29)4)33-18(2)23-14-20(39)6-10-28(23)51-33/h5-7,9-10,13-14,16,22,24-25,31-32,44H,8,11-12,15H2,1-4H3,(H,45,46)/t22-,24+,25-,31-,32-,38+/m0/s1. The fourth-order valence-electron chi connectivity index (χ4n) is 9.18. The first-order valence-corrected chi connectivity index (χ1v) is 18.1.